The van der Waals surface area contributed by atoms with Crippen molar-refractivity contribution in [3.63, 3.8) is 0 Å². The quantitative estimate of drug-likeness (QED) is 0.809. The van der Waals surface area contributed by atoms with Crippen LogP contribution in [0.5, 0.6) is 0 Å². The molecule has 0 bridgehead atoms. The van der Waals surface area contributed by atoms with Crippen LogP contribution in [0.2, 0.25) is 10.0 Å². The molecule has 0 saturated heterocycles. The zero-order valence-corrected chi connectivity index (χ0v) is 13.6. The third kappa shape index (κ3) is 4.96. The summed E-state index contributed by atoms with van der Waals surface area (Å²) in [7, 11) is 1.74. The normalized spacial score (nSPS) is 13.6. The Hall–Kier alpha value is -0.280. The third-order valence-electron chi connectivity index (χ3n) is 3.44. The largest absolute Gasteiger partial charge is 0.377 e. The van der Waals surface area contributed by atoms with E-state index in [1.165, 1.54) is 0 Å². The predicted molar refractivity (Wildman–Crippen MR) is 83.3 cm³/mol. The van der Waals surface area contributed by atoms with E-state index in [1.54, 1.807) is 7.11 Å². The van der Waals surface area contributed by atoms with Gasteiger partial charge in [0.05, 0.1) is 5.60 Å². The Labute approximate surface area is 126 Å². The maximum absolute atomic E-state index is 6.24. The minimum Gasteiger partial charge on any atom is -0.377 e. The fraction of sp³-hybridized carbons (Fsp3) is 0.600. The lowest BCUT2D eigenvalue weighted by molar-refractivity contribution is -0.00997. The van der Waals surface area contributed by atoms with Crippen molar-refractivity contribution < 1.29 is 4.74 Å². The van der Waals surface area contributed by atoms with E-state index in [4.69, 9.17) is 27.9 Å². The highest BCUT2D eigenvalue weighted by atomic mass is 35.5. The summed E-state index contributed by atoms with van der Waals surface area (Å²) in [6.45, 7) is 7.27. The van der Waals surface area contributed by atoms with Crippen LogP contribution < -0.4 is 5.32 Å². The van der Waals surface area contributed by atoms with Crippen molar-refractivity contribution in [1.82, 2.24) is 5.32 Å². The number of ether oxygens (including phenoxy) is 1. The highest BCUT2D eigenvalue weighted by Crippen LogP contribution is 2.25. The lowest BCUT2D eigenvalue weighted by Gasteiger charge is -2.34. The van der Waals surface area contributed by atoms with E-state index in [2.05, 4.69) is 26.1 Å². The molecule has 0 spiro atoms. The molecule has 0 heterocycles. The zero-order valence-electron chi connectivity index (χ0n) is 12.1. The Morgan fingerprint density at radius 3 is 2.58 bits per heavy atom. The molecule has 1 aromatic rings. The second-order valence-electron chi connectivity index (χ2n) is 5.25. The third-order valence-corrected chi connectivity index (χ3v) is 4.04. The molecule has 1 unspecified atom stereocenters. The first-order valence-electron chi connectivity index (χ1n) is 6.63. The number of benzene rings is 1. The topological polar surface area (TPSA) is 21.3 Å². The molecule has 1 atom stereocenters. The van der Waals surface area contributed by atoms with Crippen LogP contribution >= 0.6 is 23.2 Å². The lowest BCUT2D eigenvalue weighted by atomic mass is 9.92. The SMILES string of the molecule is CCCNC(Cc1cc(Cl)ccc1Cl)C(C)(C)OC. The number of rotatable bonds is 7. The molecule has 4 heteroatoms. The Morgan fingerprint density at radius 2 is 2.00 bits per heavy atom. The highest BCUT2D eigenvalue weighted by Gasteiger charge is 2.29. The molecule has 0 radical (unpaired) electrons. The minimum atomic E-state index is -0.263. The van der Waals surface area contributed by atoms with Crippen molar-refractivity contribution in [3.05, 3.63) is 33.8 Å². The molecule has 0 amide bonds. The average Bonchev–Trinajstić information content (AvgIpc) is 2.38. The van der Waals surface area contributed by atoms with Crippen molar-refractivity contribution >= 4 is 23.2 Å². The fourth-order valence-corrected chi connectivity index (χ4v) is 2.33. The van der Waals surface area contributed by atoms with Crippen molar-refractivity contribution in [1.29, 1.82) is 0 Å². The number of hydrogen-bond acceptors (Lipinski definition) is 2. The van der Waals surface area contributed by atoms with Crippen LogP contribution in [0.25, 0.3) is 0 Å². The van der Waals surface area contributed by atoms with Gasteiger partial charge in [-0.2, -0.15) is 0 Å². The van der Waals surface area contributed by atoms with Gasteiger partial charge >= 0.3 is 0 Å². The standard InChI is InChI=1S/C15H23Cl2NO/c1-5-8-18-14(15(2,3)19-4)10-11-9-12(16)6-7-13(11)17/h6-7,9,14,18H,5,8,10H2,1-4H3. The fourth-order valence-electron chi connectivity index (χ4n) is 1.94. The molecule has 19 heavy (non-hydrogen) atoms. The second kappa shape index (κ2) is 7.49. The molecule has 1 N–H and O–H groups in total. The van der Waals surface area contributed by atoms with Crippen LogP contribution in [0.15, 0.2) is 18.2 Å². The van der Waals surface area contributed by atoms with Gasteiger partial charge in [-0.3, -0.25) is 0 Å². The summed E-state index contributed by atoms with van der Waals surface area (Å²) in [6.07, 6.45) is 1.87. The van der Waals surface area contributed by atoms with E-state index in [9.17, 15) is 0 Å². The van der Waals surface area contributed by atoms with E-state index in [0.29, 0.717) is 5.02 Å². The summed E-state index contributed by atoms with van der Waals surface area (Å²) in [4.78, 5) is 0. The van der Waals surface area contributed by atoms with Crippen LogP contribution in [0.3, 0.4) is 0 Å². The number of methoxy groups -OCH3 is 1. The maximum atomic E-state index is 6.24. The van der Waals surface area contributed by atoms with Crippen molar-refractivity contribution in [2.45, 2.75) is 45.3 Å². The molecule has 0 aliphatic rings. The summed E-state index contributed by atoms with van der Waals surface area (Å²) in [5.74, 6) is 0. The molecular weight excluding hydrogens is 281 g/mol. The molecule has 108 valence electrons. The summed E-state index contributed by atoms with van der Waals surface area (Å²) in [6, 6.07) is 5.77. The van der Waals surface area contributed by atoms with Gasteiger partial charge in [-0.15, -0.1) is 0 Å². The predicted octanol–water partition coefficient (Wildman–Crippen LogP) is 4.33. The minimum absolute atomic E-state index is 0.188. The lowest BCUT2D eigenvalue weighted by Crippen LogP contribution is -2.49. The molecule has 2 nitrogen and oxygen atoms in total. The van der Waals surface area contributed by atoms with E-state index in [-0.39, 0.29) is 11.6 Å². The Bertz CT molecular complexity index is 407. The first-order valence-corrected chi connectivity index (χ1v) is 7.38. The van der Waals surface area contributed by atoms with Crippen LogP contribution in [0, 0.1) is 0 Å². The summed E-state index contributed by atoms with van der Waals surface area (Å²) in [5.41, 5.74) is 0.786. The van der Waals surface area contributed by atoms with E-state index in [1.807, 2.05) is 18.2 Å². The van der Waals surface area contributed by atoms with E-state index < -0.39 is 0 Å². The van der Waals surface area contributed by atoms with Crippen molar-refractivity contribution in [2.24, 2.45) is 0 Å². The number of halogens is 2. The maximum Gasteiger partial charge on any atom is 0.0778 e. The summed E-state index contributed by atoms with van der Waals surface area (Å²) in [5, 5.41) is 4.99. The van der Waals surface area contributed by atoms with Gasteiger partial charge in [-0.1, -0.05) is 30.1 Å². The van der Waals surface area contributed by atoms with Gasteiger partial charge in [-0.25, -0.2) is 0 Å². The molecule has 1 rings (SSSR count). The number of nitrogens with one attached hydrogen (secondary N) is 1. The Morgan fingerprint density at radius 1 is 1.32 bits per heavy atom. The molecule has 0 aliphatic heterocycles. The van der Waals surface area contributed by atoms with Gasteiger partial charge in [0.25, 0.3) is 0 Å². The summed E-state index contributed by atoms with van der Waals surface area (Å²) < 4.78 is 5.60. The van der Waals surface area contributed by atoms with Crippen LogP contribution in [0.4, 0.5) is 0 Å². The van der Waals surface area contributed by atoms with Gasteiger partial charge in [-0.05, 0) is 57.0 Å². The molecular formula is C15H23Cl2NO. The first-order chi connectivity index (χ1) is 8.90. The van der Waals surface area contributed by atoms with Crippen LogP contribution in [0.1, 0.15) is 32.8 Å². The van der Waals surface area contributed by atoms with Gasteiger partial charge in [0, 0.05) is 23.2 Å². The average molecular weight is 304 g/mol. The highest BCUT2D eigenvalue weighted by molar-refractivity contribution is 6.33. The Kier molecular flexibility index (Phi) is 6.61. The van der Waals surface area contributed by atoms with Crippen molar-refractivity contribution in [2.75, 3.05) is 13.7 Å². The molecule has 0 aliphatic carbocycles. The number of hydrogen-bond donors (Lipinski definition) is 1. The van der Waals surface area contributed by atoms with Crippen LogP contribution in [-0.2, 0) is 11.2 Å². The summed E-state index contributed by atoms with van der Waals surface area (Å²) >= 11 is 12.3. The van der Waals surface area contributed by atoms with Gasteiger partial charge in [0.1, 0.15) is 0 Å². The monoisotopic (exact) mass is 303 g/mol. The first kappa shape index (κ1) is 16.8. The molecule has 1 aromatic carbocycles. The molecule has 0 saturated carbocycles. The van der Waals surface area contributed by atoms with Gasteiger partial charge in [0.15, 0.2) is 0 Å². The van der Waals surface area contributed by atoms with Gasteiger partial charge in [0.2, 0.25) is 0 Å². The Balaban J connectivity index is 2.90. The smallest absolute Gasteiger partial charge is 0.0778 e. The molecule has 0 aromatic heterocycles. The van der Waals surface area contributed by atoms with Gasteiger partial charge < -0.3 is 10.1 Å². The molecule has 0 fully saturated rings. The van der Waals surface area contributed by atoms with E-state index in [0.717, 1.165) is 30.0 Å². The second-order valence-corrected chi connectivity index (χ2v) is 6.10. The van der Waals surface area contributed by atoms with Crippen LogP contribution in [-0.4, -0.2) is 25.3 Å². The zero-order chi connectivity index (χ0) is 14.5. The van der Waals surface area contributed by atoms with E-state index >= 15 is 0 Å². The van der Waals surface area contributed by atoms with Crippen molar-refractivity contribution in [3.8, 4) is 0 Å².